The predicted octanol–water partition coefficient (Wildman–Crippen LogP) is 3.56. The molecule has 0 aliphatic rings. The minimum atomic E-state index is -2.79. The second-order valence-corrected chi connectivity index (χ2v) is 3.13. The zero-order valence-corrected chi connectivity index (χ0v) is 8.03. The Labute approximate surface area is 80.3 Å². The third-order valence-electron chi connectivity index (χ3n) is 1.64. The third kappa shape index (κ3) is 2.56. The average Bonchev–Trinajstić information content (AvgIpc) is 1.98. The molecule has 0 aliphatic carbocycles. The molecule has 1 aromatic carbocycles. The first-order chi connectivity index (χ1) is 6.00. The van der Waals surface area contributed by atoms with Crippen LogP contribution in [0.3, 0.4) is 0 Å². The minimum Gasteiger partial charge on any atom is -0.435 e. The second-order valence-electron chi connectivity index (χ2n) is 2.75. The van der Waals surface area contributed by atoms with Gasteiger partial charge in [-0.05, 0) is 37.1 Å². The molecule has 1 nitrogen and oxygen atoms in total. The molecule has 72 valence electrons. The molecule has 4 heteroatoms. The zero-order valence-electron chi connectivity index (χ0n) is 7.27. The molecule has 0 atom stereocenters. The quantitative estimate of drug-likeness (QED) is 0.719. The Morgan fingerprint density at radius 3 is 2.08 bits per heavy atom. The van der Waals surface area contributed by atoms with Crippen molar-refractivity contribution >= 4 is 11.6 Å². The maximum Gasteiger partial charge on any atom is 0.387 e. The zero-order chi connectivity index (χ0) is 10.0. The lowest BCUT2D eigenvalue weighted by Gasteiger charge is -2.08. The highest BCUT2D eigenvalue weighted by Crippen LogP contribution is 2.26. The number of aryl methyl sites for hydroxylation is 2. The van der Waals surface area contributed by atoms with E-state index in [-0.39, 0.29) is 5.75 Å². The van der Waals surface area contributed by atoms with Crippen LogP contribution in [0.2, 0.25) is 5.02 Å². The summed E-state index contributed by atoms with van der Waals surface area (Å²) in [6, 6.07) is 2.98. The van der Waals surface area contributed by atoms with Gasteiger partial charge in [-0.15, -0.1) is 0 Å². The van der Waals surface area contributed by atoms with Crippen LogP contribution >= 0.6 is 11.6 Å². The van der Waals surface area contributed by atoms with E-state index in [4.69, 9.17) is 11.6 Å². The van der Waals surface area contributed by atoms with Crippen LogP contribution in [0.15, 0.2) is 12.1 Å². The van der Waals surface area contributed by atoms with Crippen LogP contribution in [-0.2, 0) is 0 Å². The van der Waals surface area contributed by atoms with Crippen LogP contribution in [-0.4, -0.2) is 6.61 Å². The molecular weight excluding hydrogens is 198 g/mol. The first-order valence-corrected chi connectivity index (χ1v) is 4.10. The standard InChI is InChI=1S/C9H9ClF2O/c1-5-3-7(13-9(11)12)4-6(2)8(5)10/h3-4,9H,1-2H3. The van der Waals surface area contributed by atoms with E-state index in [1.807, 2.05) is 0 Å². The molecule has 0 heterocycles. The van der Waals surface area contributed by atoms with Crippen LogP contribution in [0, 0.1) is 13.8 Å². The lowest BCUT2D eigenvalue weighted by molar-refractivity contribution is -0.0498. The summed E-state index contributed by atoms with van der Waals surface area (Å²) >= 11 is 5.84. The van der Waals surface area contributed by atoms with Gasteiger partial charge in [-0.2, -0.15) is 8.78 Å². The van der Waals surface area contributed by atoms with Crippen molar-refractivity contribution < 1.29 is 13.5 Å². The van der Waals surface area contributed by atoms with E-state index >= 15 is 0 Å². The summed E-state index contributed by atoms with van der Waals surface area (Å²) in [5.74, 6) is 0.148. The Morgan fingerprint density at radius 2 is 1.69 bits per heavy atom. The van der Waals surface area contributed by atoms with Gasteiger partial charge in [0.15, 0.2) is 0 Å². The van der Waals surface area contributed by atoms with Gasteiger partial charge in [0.1, 0.15) is 5.75 Å². The Kier molecular flexibility index (Phi) is 3.09. The van der Waals surface area contributed by atoms with Gasteiger partial charge in [0, 0.05) is 5.02 Å². The smallest absolute Gasteiger partial charge is 0.387 e. The second kappa shape index (κ2) is 3.92. The molecule has 13 heavy (non-hydrogen) atoms. The van der Waals surface area contributed by atoms with Crippen LogP contribution in [0.5, 0.6) is 5.75 Å². The predicted molar refractivity (Wildman–Crippen MR) is 47.6 cm³/mol. The Balaban J connectivity index is 2.99. The molecular formula is C9H9ClF2O. The number of alkyl halides is 2. The van der Waals surface area contributed by atoms with Crippen molar-refractivity contribution in [2.45, 2.75) is 20.5 Å². The summed E-state index contributed by atoms with van der Waals surface area (Å²) in [6.07, 6.45) is 0. The molecule has 1 rings (SSSR count). The maximum absolute atomic E-state index is 11.8. The van der Waals surface area contributed by atoms with Crippen LogP contribution < -0.4 is 4.74 Å². The molecule has 0 aliphatic heterocycles. The SMILES string of the molecule is Cc1cc(OC(F)F)cc(C)c1Cl. The van der Waals surface area contributed by atoms with Gasteiger partial charge in [0.2, 0.25) is 0 Å². The topological polar surface area (TPSA) is 9.23 Å². The fourth-order valence-electron chi connectivity index (χ4n) is 1.08. The first kappa shape index (κ1) is 10.3. The lowest BCUT2D eigenvalue weighted by Crippen LogP contribution is -2.02. The van der Waals surface area contributed by atoms with E-state index in [1.54, 1.807) is 13.8 Å². The van der Waals surface area contributed by atoms with E-state index in [9.17, 15) is 8.78 Å². The van der Waals surface area contributed by atoms with Crippen molar-refractivity contribution in [3.05, 3.63) is 28.3 Å². The van der Waals surface area contributed by atoms with Crippen LogP contribution in [0.4, 0.5) is 8.78 Å². The first-order valence-electron chi connectivity index (χ1n) is 3.72. The highest BCUT2D eigenvalue weighted by atomic mass is 35.5. The molecule has 0 spiro atoms. The van der Waals surface area contributed by atoms with Gasteiger partial charge < -0.3 is 4.74 Å². The minimum absolute atomic E-state index is 0.148. The van der Waals surface area contributed by atoms with E-state index in [1.165, 1.54) is 12.1 Å². The number of halogens is 3. The summed E-state index contributed by atoms with van der Waals surface area (Å²) < 4.78 is 27.9. The third-order valence-corrected chi connectivity index (χ3v) is 2.23. The summed E-state index contributed by atoms with van der Waals surface area (Å²) in [4.78, 5) is 0. The molecule has 0 fully saturated rings. The van der Waals surface area contributed by atoms with Gasteiger partial charge in [-0.1, -0.05) is 11.6 Å². The number of hydrogen-bond donors (Lipinski definition) is 0. The van der Waals surface area contributed by atoms with E-state index < -0.39 is 6.61 Å². The van der Waals surface area contributed by atoms with Crippen molar-refractivity contribution in [1.82, 2.24) is 0 Å². The number of rotatable bonds is 2. The van der Waals surface area contributed by atoms with Gasteiger partial charge in [0.05, 0.1) is 0 Å². The van der Waals surface area contributed by atoms with E-state index in [0.29, 0.717) is 5.02 Å². The molecule has 0 radical (unpaired) electrons. The van der Waals surface area contributed by atoms with Crippen LogP contribution in [0.1, 0.15) is 11.1 Å². The van der Waals surface area contributed by atoms with Crippen molar-refractivity contribution in [1.29, 1.82) is 0 Å². The lowest BCUT2D eigenvalue weighted by atomic mass is 10.1. The molecule has 1 aromatic rings. The Morgan fingerprint density at radius 1 is 1.23 bits per heavy atom. The van der Waals surface area contributed by atoms with Crippen molar-refractivity contribution in [3.8, 4) is 5.75 Å². The molecule has 0 saturated carbocycles. The average molecular weight is 207 g/mol. The maximum atomic E-state index is 11.8. The van der Waals surface area contributed by atoms with Crippen molar-refractivity contribution in [2.24, 2.45) is 0 Å². The molecule has 0 unspecified atom stereocenters. The Hall–Kier alpha value is -0.830. The summed E-state index contributed by atoms with van der Waals surface area (Å²) in [5, 5.41) is 0.585. The fraction of sp³-hybridized carbons (Fsp3) is 0.333. The summed E-state index contributed by atoms with van der Waals surface area (Å²) in [6.45, 7) is 0.696. The van der Waals surface area contributed by atoms with Gasteiger partial charge >= 0.3 is 6.61 Å². The van der Waals surface area contributed by atoms with Crippen molar-refractivity contribution in [2.75, 3.05) is 0 Å². The number of hydrogen-bond acceptors (Lipinski definition) is 1. The highest BCUT2D eigenvalue weighted by molar-refractivity contribution is 6.32. The summed E-state index contributed by atoms with van der Waals surface area (Å²) in [7, 11) is 0. The van der Waals surface area contributed by atoms with Gasteiger partial charge in [-0.25, -0.2) is 0 Å². The molecule has 0 N–H and O–H groups in total. The molecule has 0 amide bonds. The van der Waals surface area contributed by atoms with Crippen molar-refractivity contribution in [3.63, 3.8) is 0 Å². The molecule has 0 bridgehead atoms. The van der Waals surface area contributed by atoms with E-state index in [0.717, 1.165) is 11.1 Å². The fourth-order valence-corrected chi connectivity index (χ4v) is 1.19. The monoisotopic (exact) mass is 206 g/mol. The van der Waals surface area contributed by atoms with E-state index in [2.05, 4.69) is 4.74 Å². The van der Waals surface area contributed by atoms with Gasteiger partial charge in [0.25, 0.3) is 0 Å². The Bertz CT molecular complexity index is 289. The molecule has 0 saturated heterocycles. The largest absolute Gasteiger partial charge is 0.435 e. The molecule has 0 aromatic heterocycles. The van der Waals surface area contributed by atoms with Gasteiger partial charge in [-0.3, -0.25) is 0 Å². The number of ether oxygens (including phenoxy) is 1. The highest BCUT2D eigenvalue weighted by Gasteiger charge is 2.07. The van der Waals surface area contributed by atoms with Crippen LogP contribution in [0.25, 0.3) is 0 Å². The summed E-state index contributed by atoms with van der Waals surface area (Å²) in [5.41, 5.74) is 1.47. The number of benzene rings is 1. The normalized spacial score (nSPS) is 10.6.